The average Bonchev–Trinajstić information content (AvgIpc) is 2.48. The summed E-state index contributed by atoms with van der Waals surface area (Å²) >= 11 is 6.07. The molecular formula is C17H13ClN2O. The number of anilines is 1. The van der Waals surface area contributed by atoms with Crippen molar-refractivity contribution in [1.29, 1.82) is 0 Å². The minimum Gasteiger partial charge on any atom is -0.322 e. The maximum atomic E-state index is 12.5. The Hall–Kier alpha value is -2.39. The van der Waals surface area contributed by atoms with Gasteiger partial charge in [-0.05, 0) is 30.0 Å². The van der Waals surface area contributed by atoms with Gasteiger partial charge in [-0.3, -0.25) is 4.79 Å². The molecule has 3 nitrogen and oxygen atoms in total. The molecule has 0 aliphatic rings. The summed E-state index contributed by atoms with van der Waals surface area (Å²) in [5, 5.41) is 4.86. The van der Waals surface area contributed by atoms with Crippen molar-refractivity contribution in [1.82, 2.24) is 4.98 Å². The number of amides is 1. The lowest BCUT2D eigenvalue weighted by Crippen LogP contribution is -2.13. The second-order valence-corrected chi connectivity index (χ2v) is 5.19. The van der Waals surface area contributed by atoms with Crippen molar-refractivity contribution < 1.29 is 4.79 Å². The monoisotopic (exact) mass is 296 g/mol. The van der Waals surface area contributed by atoms with Crippen molar-refractivity contribution in [3.63, 3.8) is 0 Å². The fraction of sp³-hybridized carbons (Fsp3) is 0.0588. The van der Waals surface area contributed by atoms with Crippen LogP contribution in [0.5, 0.6) is 0 Å². The van der Waals surface area contributed by atoms with E-state index in [1.54, 1.807) is 0 Å². The van der Waals surface area contributed by atoms with Crippen LogP contribution in [0.3, 0.4) is 0 Å². The molecule has 1 heterocycles. The van der Waals surface area contributed by atoms with Gasteiger partial charge in [0.2, 0.25) is 0 Å². The van der Waals surface area contributed by atoms with Gasteiger partial charge in [-0.15, -0.1) is 0 Å². The first-order chi connectivity index (χ1) is 10.1. The van der Waals surface area contributed by atoms with E-state index < -0.39 is 0 Å². The number of hydrogen-bond acceptors (Lipinski definition) is 2. The largest absolute Gasteiger partial charge is 0.322 e. The quantitative estimate of drug-likeness (QED) is 0.710. The van der Waals surface area contributed by atoms with E-state index in [1.165, 1.54) is 6.20 Å². The molecule has 4 heteroatoms. The minimum absolute atomic E-state index is 0.194. The van der Waals surface area contributed by atoms with Crippen LogP contribution in [0.1, 0.15) is 15.9 Å². The van der Waals surface area contributed by atoms with Crippen molar-refractivity contribution >= 4 is 34.0 Å². The third kappa shape index (κ3) is 2.73. The second kappa shape index (κ2) is 5.54. The van der Waals surface area contributed by atoms with E-state index in [-0.39, 0.29) is 5.91 Å². The van der Waals surface area contributed by atoms with E-state index in [1.807, 2.05) is 55.5 Å². The van der Waals surface area contributed by atoms with E-state index in [4.69, 9.17) is 11.6 Å². The topological polar surface area (TPSA) is 42.0 Å². The summed E-state index contributed by atoms with van der Waals surface area (Å²) in [7, 11) is 0. The molecule has 3 aromatic rings. The van der Waals surface area contributed by atoms with E-state index in [0.29, 0.717) is 10.7 Å². The summed E-state index contributed by atoms with van der Waals surface area (Å²) in [5.41, 5.74) is 2.36. The molecule has 0 spiro atoms. The van der Waals surface area contributed by atoms with Crippen LogP contribution in [0, 0.1) is 6.92 Å². The Morgan fingerprint density at radius 2 is 1.86 bits per heavy atom. The van der Waals surface area contributed by atoms with E-state index in [9.17, 15) is 4.79 Å². The third-order valence-corrected chi connectivity index (χ3v) is 3.57. The molecule has 3 rings (SSSR count). The van der Waals surface area contributed by atoms with Crippen molar-refractivity contribution in [3.05, 3.63) is 71.0 Å². The Morgan fingerprint density at radius 3 is 2.62 bits per heavy atom. The molecule has 0 fully saturated rings. The Bertz CT molecular complexity index is 830. The lowest BCUT2D eigenvalue weighted by atomic mass is 10.1. The van der Waals surface area contributed by atoms with Crippen LogP contribution in [0.15, 0.2) is 54.7 Å². The number of rotatable bonds is 2. The number of aryl methyl sites for hydroxylation is 1. The normalized spacial score (nSPS) is 10.6. The SMILES string of the molecule is Cc1cccc(NC(=O)c2cnc(Cl)c3ccccc23)c1. The fourth-order valence-corrected chi connectivity index (χ4v) is 2.47. The first-order valence-corrected chi connectivity index (χ1v) is 6.94. The second-order valence-electron chi connectivity index (χ2n) is 4.83. The number of aromatic nitrogens is 1. The fourth-order valence-electron chi connectivity index (χ4n) is 2.26. The Balaban J connectivity index is 2.01. The van der Waals surface area contributed by atoms with Crippen LogP contribution in [0.2, 0.25) is 5.15 Å². The van der Waals surface area contributed by atoms with Gasteiger partial charge in [0, 0.05) is 17.3 Å². The highest BCUT2D eigenvalue weighted by molar-refractivity contribution is 6.35. The highest BCUT2D eigenvalue weighted by Gasteiger charge is 2.12. The molecule has 0 unspecified atom stereocenters. The van der Waals surface area contributed by atoms with Crippen LogP contribution in [0.4, 0.5) is 5.69 Å². The Kier molecular flexibility index (Phi) is 3.59. The standard InChI is InChI=1S/C17H13ClN2O/c1-11-5-4-6-12(9-11)20-17(21)15-10-19-16(18)14-8-3-2-7-13(14)15/h2-10H,1H3,(H,20,21). The molecule has 0 bridgehead atoms. The van der Waals surface area contributed by atoms with Crippen molar-refractivity contribution in [2.75, 3.05) is 5.32 Å². The molecular weight excluding hydrogens is 284 g/mol. The molecule has 104 valence electrons. The number of carbonyl (C=O) groups excluding carboxylic acids is 1. The molecule has 0 saturated carbocycles. The molecule has 0 aliphatic carbocycles. The number of fused-ring (bicyclic) bond motifs is 1. The van der Waals surface area contributed by atoms with Gasteiger partial charge in [-0.2, -0.15) is 0 Å². The number of benzene rings is 2. The molecule has 1 aromatic heterocycles. The molecule has 2 aromatic carbocycles. The van der Waals surface area contributed by atoms with Crippen molar-refractivity contribution in [3.8, 4) is 0 Å². The van der Waals surface area contributed by atoms with Gasteiger partial charge in [-0.25, -0.2) is 4.98 Å². The molecule has 21 heavy (non-hydrogen) atoms. The average molecular weight is 297 g/mol. The van der Waals surface area contributed by atoms with Crippen LogP contribution < -0.4 is 5.32 Å². The maximum absolute atomic E-state index is 12.5. The lowest BCUT2D eigenvalue weighted by molar-refractivity contribution is 0.102. The molecule has 0 aliphatic heterocycles. The molecule has 0 saturated heterocycles. The van der Waals surface area contributed by atoms with Gasteiger partial charge >= 0.3 is 0 Å². The predicted octanol–water partition coefficient (Wildman–Crippen LogP) is 4.45. The van der Waals surface area contributed by atoms with E-state index in [2.05, 4.69) is 10.3 Å². The zero-order valence-electron chi connectivity index (χ0n) is 11.4. The summed E-state index contributed by atoms with van der Waals surface area (Å²) in [6.07, 6.45) is 1.51. The van der Waals surface area contributed by atoms with Gasteiger partial charge in [0.05, 0.1) is 5.56 Å². The van der Waals surface area contributed by atoms with Crippen molar-refractivity contribution in [2.24, 2.45) is 0 Å². The zero-order valence-corrected chi connectivity index (χ0v) is 12.2. The first kappa shape index (κ1) is 13.6. The summed E-state index contributed by atoms with van der Waals surface area (Å²) in [6.45, 7) is 1.98. The number of pyridine rings is 1. The number of halogens is 1. The summed E-state index contributed by atoms with van der Waals surface area (Å²) < 4.78 is 0. The number of carbonyl (C=O) groups is 1. The lowest BCUT2D eigenvalue weighted by Gasteiger charge is -2.09. The summed E-state index contributed by atoms with van der Waals surface area (Å²) in [4.78, 5) is 16.5. The number of hydrogen-bond donors (Lipinski definition) is 1. The van der Waals surface area contributed by atoms with Crippen LogP contribution in [-0.4, -0.2) is 10.9 Å². The van der Waals surface area contributed by atoms with Gasteiger partial charge in [0.25, 0.3) is 5.91 Å². The van der Waals surface area contributed by atoms with Crippen LogP contribution >= 0.6 is 11.6 Å². The molecule has 1 amide bonds. The maximum Gasteiger partial charge on any atom is 0.257 e. The number of nitrogens with one attached hydrogen (secondary N) is 1. The molecule has 0 atom stereocenters. The predicted molar refractivity (Wildman–Crippen MR) is 85.9 cm³/mol. The van der Waals surface area contributed by atoms with Gasteiger partial charge in [-0.1, -0.05) is 48.0 Å². The first-order valence-electron chi connectivity index (χ1n) is 6.56. The van der Waals surface area contributed by atoms with Gasteiger partial charge in [0.15, 0.2) is 0 Å². The molecule has 1 N–H and O–H groups in total. The zero-order chi connectivity index (χ0) is 14.8. The van der Waals surface area contributed by atoms with Crippen molar-refractivity contribution in [2.45, 2.75) is 6.92 Å². The number of nitrogens with zero attached hydrogens (tertiary/aromatic N) is 1. The molecule has 0 radical (unpaired) electrons. The van der Waals surface area contributed by atoms with Crippen LogP contribution in [0.25, 0.3) is 10.8 Å². The minimum atomic E-state index is -0.194. The third-order valence-electron chi connectivity index (χ3n) is 3.27. The highest BCUT2D eigenvalue weighted by atomic mass is 35.5. The highest BCUT2D eigenvalue weighted by Crippen LogP contribution is 2.24. The Morgan fingerprint density at radius 1 is 1.10 bits per heavy atom. The van der Waals surface area contributed by atoms with Gasteiger partial charge in [0.1, 0.15) is 5.15 Å². The van der Waals surface area contributed by atoms with Gasteiger partial charge < -0.3 is 5.32 Å². The van der Waals surface area contributed by atoms with E-state index >= 15 is 0 Å². The Labute approximate surface area is 127 Å². The van der Waals surface area contributed by atoms with Crippen LogP contribution in [-0.2, 0) is 0 Å². The summed E-state index contributed by atoms with van der Waals surface area (Å²) in [6, 6.07) is 15.1. The smallest absolute Gasteiger partial charge is 0.257 e. The van der Waals surface area contributed by atoms with E-state index in [0.717, 1.165) is 22.0 Å². The summed E-state index contributed by atoms with van der Waals surface area (Å²) in [5.74, 6) is -0.194.